The van der Waals surface area contributed by atoms with Gasteiger partial charge in [-0.05, 0) is 13.3 Å². The molecular formula is C11H15NO4S2. The Morgan fingerprint density at radius 1 is 1.56 bits per heavy atom. The molecule has 1 atom stereocenters. The lowest BCUT2D eigenvalue weighted by Gasteiger charge is -2.05. The van der Waals surface area contributed by atoms with Crippen molar-refractivity contribution in [2.75, 3.05) is 6.61 Å². The van der Waals surface area contributed by atoms with Gasteiger partial charge in [-0.1, -0.05) is 18.7 Å². The van der Waals surface area contributed by atoms with E-state index < -0.39 is 11.2 Å². The molecule has 18 heavy (non-hydrogen) atoms. The van der Waals surface area contributed by atoms with Crippen LogP contribution in [0.3, 0.4) is 0 Å². The smallest absolute Gasteiger partial charge is 0.317 e. The number of aromatic nitrogens is 1. The molecule has 5 nitrogen and oxygen atoms in total. The molecule has 1 aromatic heterocycles. The fourth-order valence-electron chi connectivity index (χ4n) is 1.21. The van der Waals surface area contributed by atoms with Crippen LogP contribution in [0.25, 0.3) is 0 Å². The molecule has 0 bridgehead atoms. The van der Waals surface area contributed by atoms with Crippen LogP contribution in [0, 0.1) is 0 Å². The van der Waals surface area contributed by atoms with E-state index in [4.69, 9.17) is 9.84 Å². The average Bonchev–Trinajstić information content (AvgIpc) is 2.73. The number of hydrogen-bond acceptors (Lipinski definition) is 6. The Morgan fingerprint density at radius 3 is 2.83 bits per heavy atom. The van der Waals surface area contributed by atoms with E-state index in [1.54, 1.807) is 12.3 Å². The maximum absolute atomic E-state index is 11.2. The van der Waals surface area contributed by atoms with Gasteiger partial charge in [-0.2, -0.15) is 0 Å². The summed E-state index contributed by atoms with van der Waals surface area (Å²) in [7, 11) is 0. The SMILES string of the molecule is CCOC(=O)Cc1csc(SC(CC)C(=O)O)n1. The monoisotopic (exact) mass is 289 g/mol. The highest BCUT2D eigenvalue weighted by atomic mass is 32.2. The molecule has 1 heterocycles. The van der Waals surface area contributed by atoms with Crippen LogP contribution in [-0.2, 0) is 20.7 Å². The minimum absolute atomic E-state index is 0.134. The molecule has 7 heteroatoms. The van der Waals surface area contributed by atoms with Gasteiger partial charge in [0.2, 0.25) is 0 Å². The summed E-state index contributed by atoms with van der Waals surface area (Å²) in [6.45, 7) is 3.92. The van der Waals surface area contributed by atoms with Crippen molar-refractivity contribution in [3.05, 3.63) is 11.1 Å². The number of carbonyl (C=O) groups is 2. The molecule has 1 rings (SSSR count). The number of hydrogen-bond donors (Lipinski definition) is 1. The van der Waals surface area contributed by atoms with Gasteiger partial charge in [0.1, 0.15) is 5.25 Å². The lowest BCUT2D eigenvalue weighted by Crippen LogP contribution is -2.14. The van der Waals surface area contributed by atoms with E-state index in [-0.39, 0.29) is 12.4 Å². The van der Waals surface area contributed by atoms with Crippen LogP contribution in [0.4, 0.5) is 0 Å². The fraction of sp³-hybridized carbons (Fsp3) is 0.545. The summed E-state index contributed by atoms with van der Waals surface area (Å²) in [5, 5.41) is 10.2. The summed E-state index contributed by atoms with van der Waals surface area (Å²) in [6, 6.07) is 0. The van der Waals surface area contributed by atoms with Gasteiger partial charge in [0, 0.05) is 5.38 Å². The van der Waals surface area contributed by atoms with Crippen molar-refractivity contribution < 1.29 is 19.4 Å². The Bertz CT molecular complexity index is 419. The van der Waals surface area contributed by atoms with Gasteiger partial charge in [-0.25, -0.2) is 4.98 Å². The van der Waals surface area contributed by atoms with Crippen molar-refractivity contribution in [2.24, 2.45) is 0 Å². The first kappa shape index (κ1) is 15.0. The Labute approximate surface area is 114 Å². The standard InChI is InChI=1S/C11H15NO4S2/c1-3-8(10(14)15)18-11-12-7(6-17-11)5-9(13)16-4-2/h6,8H,3-5H2,1-2H3,(H,14,15). The van der Waals surface area contributed by atoms with E-state index in [0.29, 0.717) is 23.1 Å². The van der Waals surface area contributed by atoms with Gasteiger partial charge < -0.3 is 9.84 Å². The number of carboxylic acid groups (broad SMARTS) is 1. The van der Waals surface area contributed by atoms with Crippen molar-refractivity contribution in [3.8, 4) is 0 Å². The molecule has 100 valence electrons. The van der Waals surface area contributed by atoms with Crippen LogP contribution >= 0.6 is 23.1 Å². The summed E-state index contributed by atoms with van der Waals surface area (Å²) in [5.74, 6) is -1.16. The van der Waals surface area contributed by atoms with Gasteiger partial charge in [0.25, 0.3) is 0 Å². The molecule has 0 saturated carbocycles. The number of esters is 1. The van der Waals surface area contributed by atoms with E-state index in [2.05, 4.69) is 4.98 Å². The molecule has 1 N–H and O–H groups in total. The minimum Gasteiger partial charge on any atom is -0.480 e. The second-order valence-electron chi connectivity index (χ2n) is 3.44. The van der Waals surface area contributed by atoms with Crippen LogP contribution in [-0.4, -0.2) is 33.9 Å². The van der Waals surface area contributed by atoms with Crippen molar-refractivity contribution in [1.82, 2.24) is 4.98 Å². The number of carbonyl (C=O) groups excluding carboxylic acids is 1. The summed E-state index contributed by atoms with van der Waals surface area (Å²) in [4.78, 5) is 26.4. The minimum atomic E-state index is -0.843. The Hall–Kier alpha value is -1.08. The number of thiazole rings is 1. The Balaban J connectivity index is 2.57. The zero-order chi connectivity index (χ0) is 13.5. The van der Waals surface area contributed by atoms with Crippen molar-refractivity contribution in [3.63, 3.8) is 0 Å². The largest absolute Gasteiger partial charge is 0.480 e. The molecule has 0 aliphatic rings. The van der Waals surface area contributed by atoms with E-state index in [0.717, 1.165) is 0 Å². The van der Waals surface area contributed by atoms with E-state index in [1.807, 2.05) is 6.92 Å². The van der Waals surface area contributed by atoms with E-state index in [1.165, 1.54) is 23.1 Å². The predicted molar refractivity (Wildman–Crippen MR) is 70.0 cm³/mol. The molecule has 1 unspecified atom stereocenters. The van der Waals surface area contributed by atoms with Gasteiger partial charge >= 0.3 is 11.9 Å². The van der Waals surface area contributed by atoms with Crippen LogP contribution < -0.4 is 0 Å². The molecule has 0 saturated heterocycles. The van der Waals surface area contributed by atoms with Gasteiger partial charge in [0.15, 0.2) is 4.34 Å². The molecule has 0 aromatic carbocycles. The molecule has 1 aromatic rings. The number of nitrogens with zero attached hydrogens (tertiary/aromatic N) is 1. The van der Waals surface area contributed by atoms with Crippen molar-refractivity contribution in [1.29, 1.82) is 0 Å². The van der Waals surface area contributed by atoms with Crippen LogP contribution in [0.2, 0.25) is 0 Å². The van der Waals surface area contributed by atoms with Gasteiger partial charge in [-0.15, -0.1) is 11.3 Å². The van der Waals surface area contributed by atoms with Crippen LogP contribution in [0.15, 0.2) is 9.72 Å². The normalized spacial score (nSPS) is 12.1. The lowest BCUT2D eigenvalue weighted by molar-refractivity contribution is -0.142. The van der Waals surface area contributed by atoms with Crippen molar-refractivity contribution >= 4 is 35.0 Å². The zero-order valence-corrected chi connectivity index (χ0v) is 11.8. The van der Waals surface area contributed by atoms with E-state index in [9.17, 15) is 9.59 Å². The highest BCUT2D eigenvalue weighted by Crippen LogP contribution is 2.28. The summed E-state index contributed by atoms with van der Waals surface area (Å²) >= 11 is 2.57. The third-order valence-corrected chi connectivity index (χ3v) is 4.42. The molecule has 0 aliphatic carbocycles. The lowest BCUT2D eigenvalue weighted by atomic mass is 10.3. The molecule has 0 aliphatic heterocycles. The first-order chi connectivity index (χ1) is 8.56. The van der Waals surface area contributed by atoms with Gasteiger partial charge in [0.05, 0.1) is 18.7 Å². The maximum Gasteiger partial charge on any atom is 0.317 e. The highest BCUT2D eigenvalue weighted by molar-refractivity contribution is 8.02. The summed E-state index contributed by atoms with van der Waals surface area (Å²) in [5.41, 5.74) is 0.626. The zero-order valence-electron chi connectivity index (χ0n) is 10.2. The number of ether oxygens (including phenoxy) is 1. The molecule has 0 amide bonds. The molecule has 0 fully saturated rings. The number of rotatable bonds is 7. The first-order valence-electron chi connectivity index (χ1n) is 5.56. The van der Waals surface area contributed by atoms with Crippen LogP contribution in [0.5, 0.6) is 0 Å². The number of thioether (sulfide) groups is 1. The van der Waals surface area contributed by atoms with Crippen LogP contribution in [0.1, 0.15) is 26.0 Å². The van der Waals surface area contributed by atoms with Gasteiger partial charge in [-0.3, -0.25) is 9.59 Å². The quantitative estimate of drug-likeness (QED) is 0.612. The number of carboxylic acids is 1. The molecule has 0 radical (unpaired) electrons. The molecular weight excluding hydrogens is 274 g/mol. The summed E-state index contributed by atoms with van der Waals surface area (Å²) < 4.78 is 5.49. The highest BCUT2D eigenvalue weighted by Gasteiger charge is 2.18. The number of aliphatic carboxylic acids is 1. The Morgan fingerprint density at radius 2 is 2.28 bits per heavy atom. The third-order valence-electron chi connectivity index (χ3n) is 2.05. The topological polar surface area (TPSA) is 76.5 Å². The maximum atomic E-state index is 11.2. The van der Waals surface area contributed by atoms with E-state index >= 15 is 0 Å². The first-order valence-corrected chi connectivity index (χ1v) is 7.32. The predicted octanol–water partition coefficient (Wildman–Crippen LogP) is 2.20. The average molecular weight is 289 g/mol. The fourth-order valence-corrected chi connectivity index (χ4v) is 3.15. The molecule has 0 spiro atoms. The third kappa shape index (κ3) is 4.66. The second kappa shape index (κ2) is 7.38. The Kier molecular flexibility index (Phi) is 6.14. The second-order valence-corrected chi connectivity index (χ2v) is 5.75. The summed E-state index contributed by atoms with van der Waals surface area (Å²) in [6.07, 6.45) is 0.668. The van der Waals surface area contributed by atoms with Crippen molar-refractivity contribution in [2.45, 2.75) is 36.3 Å².